The Hall–Kier alpha value is -1.58. The number of ether oxygens (including phenoxy) is 1. The van der Waals surface area contributed by atoms with Crippen LogP contribution in [0.3, 0.4) is 0 Å². The molecule has 0 fully saturated rings. The average molecular weight is 647 g/mol. The van der Waals surface area contributed by atoms with E-state index in [4.69, 9.17) is 9.84 Å². The Labute approximate surface area is 287 Å². The van der Waals surface area contributed by atoms with Gasteiger partial charge < -0.3 is 9.84 Å². The van der Waals surface area contributed by atoms with Gasteiger partial charge >= 0.3 is 11.9 Å². The molecule has 270 valence electrons. The lowest BCUT2D eigenvalue weighted by Crippen LogP contribution is -2.18. The number of aliphatic carboxylic acids is 1. The van der Waals surface area contributed by atoms with E-state index < -0.39 is 5.97 Å². The summed E-state index contributed by atoms with van der Waals surface area (Å²) in [5.41, 5.74) is 0. The number of carbonyl (C=O) groups excluding carboxylic acids is 1. The first-order valence-electron chi connectivity index (χ1n) is 20.3. The van der Waals surface area contributed by atoms with Gasteiger partial charge in [0.25, 0.3) is 0 Å². The lowest BCUT2D eigenvalue weighted by Gasteiger charge is -2.18. The normalized spacial score (nSPS) is 12.4. The first-order valence-corrected chi connectivity index (χ1v) is 20.3. The van der Waals surface area contributed by atoms with Crippen molar-refractivity contribution >= 4 is 11.9 Å². The summed E-state index contributed by atoms with van der Waals surface area (Å²) in [5, 5.41) is 8.81. The molecule has 1 unspecified atom stereocenters. The molecule has 0 aliphatic carbocycles. The second-order valence-corrected chi connectivity index (χ2v) is 13.8. The average Bonchev–Trinajstić information content (AvgIpc) is 3.04. The van der Waals surface area contributed by atoms with E-state index in [1.807, 2.05) is 0 Å². The van der Waals surface area contributed by atoms with Crippen molar-refractivity contribution in [2.45, 2.75) is 232 Å². The molecule has 1 N–H and O–H groups in total. The Morgan fingerprint density at radius 2 is 0.870 bits per heavy atom. The standard InChI is InChI=1S/C42H78O4/c1-3-5-7-9-11-13-15-16-17-18-19-20-22-24-26-31-35-39-42(45)46-40(37-33-29-27-30-34-38-41(43)44)36-32-28-25-23-21-14-12-10-8-6-4-2/h12,14,23,25,40H,3-11,13,15-22,24,26-39H2,1-2H3,(H,43,44)/b14-12-,25-23-. The maximum atomic E-state index is 12.7. The highest BCUT2D eigenvalue weighted by molar-refractivity contribution is 5.69. The van der Waals surface area contributed by atoms with Crippen LogP contribution in [-0.2, 0) is 14.3 Å². The molecule has 0 radical (unpaired) electrons. The number of hydrogen-bond acceptors (Lipinski definition) is 3. The Balaban J connectivity index is 4.00. The number of carboxylic acids is 1. The predicted octanol–water partition coefficient (Wildman–Crippen LogP) is 14.0. The first-order chi connectivity index (χ1) is 22.6. The Kier molecular flexibility index (Phi) is 36.6. The first kappa shape index (κ1) is 44.4. The summed E-state index contributed by atoms with van der Waals surface area (Å²) >= 11 is 0. The van der Waals surface area contributed by atoms with Crippen LogP contribution in [-0.4, -0.2) is 23.1 Å². The second-order valence-electron chi connectivity index (χ2n) is 13.8. The van der Waals surface area contributed by atoms with Crippen molar-refractivity contribution in [2.75, 3.05) is 0 Å². The summed E-state index contributed by atoms with van der Waals surface area (Å²) in [6, 6.07) is 0. The molecule has 0 saturated heterocycles. The number of unbranched alkanes of at least 4 members (excludes halogenated alkanes) is 24. The van der Waals surface area contributed by atoms with Gasteiger partial charge in [-0.15, -0.1) is 0 Å². The molecule has 46 heavy (non-hydrogen) atoms. The van der Waals surface area contributed by atoms with E-state index >= 15 is 0 Å². The molecule has 0 amide bonds. The minimum absolute atomic E-state index is 0.0174. The third kappa shape index (κ3) is 36.9. The molecule has 0 rings (SSSR count). The summed E-state index contributed by atoms with van der Waals surface area (Å²) in [7, 11) is 0. The predicted molar refractivity (Wildman–Crippen MR) is 200 cm³/mol. The smallest absolute Gasteiger partial charge is 0.306 e. The van der Waals surface area contributed by atoms with Crippen LogP contribution in [0.4, 0.5) is 0 Å². The molecular weight excluding hydrogens is 568 g/mol. The molecule has 4 heteroatoms. The van der Waals surface area contributed by atoms with Crippen LogP contribution < -0.4 is 0 Å². The summed E-state index contributed by atoms with van der Waals surface area (Å²) < 4.78 is 5.98. The number of esters is 1. The zero-order valence-corrected chi connectivity index (χ0v) is 30.9. The van der Waals surface area contributed by atoms with Gasteiger partial charge in [0.2, 0.25) is 0 Å². The molecule has 4 nitrogen and oxygen atoms in total. The van der Waals surface area contributed by atoms with Crippen molar-refractivity contribution in [3.05, 3.63) is 24.3 Å². The van der Waals surface area contributed by atoms with Crippen LogP contribution in [0.25, 0.3) is 0 Å². The second kappa shape index (κ2) is 37.9. The molecule has 0 aromatic heterocycles. The van der Waals surface area contributed by atoms with E-state index in [1.165, 1.54) is 122 Å². The maximum Gasteiger partial charge on any atom is 0.306 e. The van der Waals surface area contributed by atoms with Gasteiger partial charge in [-0.3, -0.25) is 9.59 Å². The minimum Gasteiger partial charge on any atom is -0.481 e. The molecule has 0 aliphatic heterocycles. The Morgan fingerprint density at radius 3 is 1.37 bits per heavy atom. The molecule has 0 aromatic rings. The highest BCUT2D eigenvalue weighted by Crippen LogP contribution is 2.18. The van der Waals surface area contributed by atoms with E-state index in [2.05, 4.69) is 38.2 Å². The molecule has 0 bridgehead atoms. The van der Waals surface area contributed by atoms with E-state index in [9.17, 15) is 9.59 Å². The van der Waals surface area contributed by atoms with Crippen LogP contribution in [0, 0.1) is 0 Å². The van der Waals surface area contributed by atoms with Crippen LogP contribution in [0.15, 0.2) is 24.3 Å². The van der Waals surface area contributed by atoms with Crippen molar-refractivity contribution < 1.29 is 19.4 Å². The lowest BCUT2D eigenvalue weighted by atomic mass is 10.0. The van der Waals surface area contributed by atoms with Gasteiger partial charge in [0, 0.05) is 12.8 Å². The molecule has 0 saturated carbocycles. The van der Waals surface area contributed by atoms with E-state index in [0.29, 0.717) is 6.42 Å². The number of rotatable bonds is 37. The number of allylic oxidation sites excluding steroid dienone is 4. The Morgan fingerprint density at radius 1 is 0.478 bits per heavy atom. The molecular formula is C42H78O4. The lowest BCUT2D eigenvalue weighted by molar-refractivity contribution is -0.150. The molecule has 0 aromatic carbocycles. The zero-order chi connectivity index (χ0) is 33.6. The highest BCUT2D eigenvalue weighted by Gasteiger charge is 2.14. The van der Waals surface area contributed by atoms with Crippen molar-refractivity contribution in [3.8, 4) is 0 Å². The van der Waals surface area contributed by atoms with Crippen LogP contribution in [0.2, 0.25) is 0 Å². The largest absolute Gasteiger partial charge is 0.481 e. The highest BCUT2D eigenvalue weighted by atomic mass is 16.5. The summed E-state index contributed by atoms with van der Waals surface area (Å²) in [6.07, 6.45) is 47.7. The van der Waals surface area contributed by atoms with E-state index in [0.717, 1.165) is 77.0 Å². The van der Waals surface area contributed by atoms with E-state index in [1.54, 1.807) is 0 Å². The topological polar surface area (TPSA) is 63.6 Å². The Bertz CT molecular complexity index is 698. The fraction of sp³-hybridized carbons (Fsp3) is 0.857. The van der Waals surface area contributed by atoms with Gasteiger partial charge in [0.1, 0.15) is 6.10 Å². The fourth-order valence-corrected chi connectivity index (χ4v) is 6.16. The van der Waals surface area contributed by atoms with Crippen LogP contribution >= 0.6 is 0 Å². The van der Waals surface area contributed by atoms with Crippen molar-refractivity contribution in [2.24, 2.45) is 0 Å². The number of hydrogen-bond donors (Lipinski definition) is 1. The van der Waals surface area contributed by atoms with Crippen molar-refractivity contribution in [1.82, 2.24) is 0 Å². The molecule has 0 heterocycles. The molecule has 0 aliphatic rings. The summed E-state index contributed by atoms with van der Waals surface area (Å²) in [5.74, 6) is -0.722. The van der Waals surface area contributed by atoms with Crippen molar-refractivity contribution in [1.29, 1.82) is 0 Å². The van der Waals surface area contributed by atoms with Gasteiger partial charge in [0.15, 0.2) is 0 Å². The number of carboxylic acid groups (broad SMARTS) is 1. The van der Waals surface area contributed by atoms with Gasteiger partial charge in [-0.2, -0.15) is 0 Å². The monoisotopic (exact) mass is 647 g/mol. The quantitative estimate of drug-likeness (QED) is 0.0414. The summed E-state index contributed by atoms with van der Waals surface area (Å²) in [4.78, 5) is 23.4. The van der Waals surface area contributed by atoms with Gasteiger partial charge in [-0.1, -0.05) is 173 Å². The zero-order valence-electron chi connectivity index (χ0n) is 30.9. The SMILES string of the molecule is CCCCC/C=C\C/C=C\CCCC(CCCCCCCC(=O)O)OC(=O)CCCCCCCCCCCCCCCCCCC. The minimum atomic E-state index is -0.705. The third-order valence-corrected chi connectivity index (χ3v) is 9.18. The van der Waals surface area contributed by atoms with Crippen LogP contribution in [0.5, 0.6) is 0 Å². The van der Waals surface area contributed by atoms with E-state index in [-0.39, 0.29) is 18.5 Å². The molecule has 1 atom stereocenters. The number of carbonyl (C=O) groups is 2. The summed E-state index contributed by atoms with van der Waals surface area (Å²) in [6.45, 7) is 4.53. The third-order valence-electron chi connectivity index (χ3n) is 9.18. The molecule has 0 spiro atoms. The van der Waals surface area contributed by atoms with Gasteiger partial charge in [0.05, 0.1) is 0 Å². The maximum absolute atomic E-state index is 12.7. The van der Waals surface area contributed by atoms with Crippen LogP contribution in [0.1, 0.15) is 226 Å². The van der Waals surface area contributed by atoms with Gasteiger partial charge in [-0.05, 0) is 64.2 Å². The van der Waals surface area contributed by atoms with Gasteiger partial charge in [-0.25, -0.2) is 0 Å². The van der Waals surface area contributed by atoms with Crippen molar-refractivity contribution in [3.63, 3.8) is 0 Å². The fourth-order valence-electron chi connectivity index (χ4n) is 6.16.